The van der Waals surface area contributed by atoms with Crippen LogP contribution in [0.3, 0.4) is 0 Å². The Hall–Kier alpha value is -1.22. The van der Waals surface area contributed by atoms with Gasteiger partial charge < -0.3 is 5.32 Å². The third-order valence-corrected chi connectivity index (χ3v) is 7.87. The molecule has 0 atom stereocenters. The summed E-state index contributed by atoms with van der Waals surface area (Å²) in [6, 6.07) is 1.47. The van der Waals surface area contributed by atoms with E-state index in [1.54, 1.807) is 5.38 Å². The van der Waals surface area contributed by atoms with Crippen molar-refractivity contribution in [1.29, 1.82) is 0 Å². The Kier molecular flexibility index (Phi) is 5.93. The lowest BCUT2D eigenvalue weighted by atomic mass is 10.1. The Morgan fingerprint density at radius 2 is 1.88 bits per heavy atom. The van der Waals surface area contributed by atoms with Gasteiger partial charge in [0.05, 0.1) is 5.69 Å². The molecule has 136 valence electrons. The second-order valence-electron chi connectivity index (χ2n) is 6.35. The molecule has 8 heteroatoms. The number of aryl methyl sites for hydroxylation is 1. The Morgan fingerprint density at radius 1 is 1.16 bits per heavy atom. The molecule has 1 saturated carbocycles. The van der Waals surface area contributed by atoms with Crippen LogP contribution in [0.15, 0.2) is 27.1 Å². The Morgan fingerprint density at radius 3 is 2.52 bits per heavy atom. The number of nitrogens with one attached hydrogen (secondary N) is 2. The lowest BCUT2D eigenvalue weighted by Gasteiger charge is -2.16. The van der Waals surface area contributed by atoms with Crippen molar-refractivity contribution >= 4 is 44.3 Å². The fourth-order valence-electron chi connectivity index (χ4n) is 3.02. The summed E-state index contributed by atoms with van der Waals surface area (Å²) < 4.78 is 28.4. The smallest absolute Gasteiger partial charge is 0.267 e. The quantitative estimate of drug-likeness (QED) is 0.734. The van der Waals surface area contributed by atoms with Crippen LogP contribution in [0.25, 0.3) is 0 Å². The first kappa shape index (κ1) is 18.6. The first-order valence-corrected chi connectivity index (χ1v) is 11.7. The first-order valence-electron chi connectivity index (χ1n) is 8.41. The van der Waals surface area contributed by atoms with Gasteiger partial charge in [0.1, 0.15) is 9.77 Å². The number of carbonyl (C=O) groups is 1. The number of hydrogen-bond acceptors (Lipinski definition) is 5. The van der Waals surface area contributed by atoms with Crippen LogP contribution >= 0.6 is 22.7 Å². The summed E-state index contributed by atoms with van der Waals surface area (Å²) >= 11 is 2.65. The molecule has 0 unspecified atom stereocenters. The minimum absolute atomic E-state index is 0.0394. The van der Waals surface area contributed by atoms with Crippen LogP contribution < -0.4 is 10.0 Å². The molecular weight excluding hydrogens is 376 g/mol. The monoisotopic (exact) mass is 398 g/mol. The average Bonchev–Trinajstić information content (AvgIpc) is 3.13. The number of thiophene rings is 2. The van der Waals surface area contributed by atoms with Crippen molar-refractivity contribution in [3.63, 3.8) is 0 Å². The zero-order valence-corrected chi connectivity index (χ0v) is 16.5. The number of carbonyl (C=O) groups excluding carboxylic acids is 1. The molecule has 25 heavy (non-hydrogen) atoms. The van der Waals surface area contributed by atoms with Gasteiger partial charge in [-0.3, -0.25) is 4.79 Å². The topological polar surface area (TPSA) is 75.3 Å². The summed E-state index contributed by atoms with van der Waals surface area (Å²) in [5.74, 6) is -0.377. The summed E-state index contributed by atoms with van der Waals surface area (Å²) in [5.41, 5.74) is 1.69. The van der Waals surface area contributed by atoms with Crippen molar-refractivity contribution in [3.05, 3.63) is 32.6 Å². The standard InChI is InChI=1S/C17H22N2O3S3/c1-12-10-23-11-14(12)18-17(20)16-15(8-9-24-16)25(21,22)19-13-6-4-2-3-5-7-13/h8-11,13,19H,2-7H2,1H3,(H,18,20). The van der Waals surface area contributed by atoms with Crippen molar-refractivity contribution in [2.45, 2.75) is 56.4 Å². The van der Waals surface area contributed by atoms with Gasteiger partial charge in [0.25, 0.3) is 5.91 Å². The largest absolute Gasteiger partial charge is 0.320 e. The highest BCUT2D eigenvalue weighted by molar-refractivity contribution is 7.89. The van der Waals surface area contributed by atoms with E-state index in [2.05, 4.69) is 10.0 Å². The zero-order valence-electron chi connectivity index (χ0n) is 14.1. The van der Waals surface area contributed by atoms with Gasteiger partial charge in [-0.25, -0.2) is 13.1 Å². The number of amides is 1. The van der Waals surface area contributed by atoms with E-state index in [0.717, 1.165) is 61.1 Å². The van der Waals surface area contributed by atoms with E-state index in [1.807, 2.05) is 17.7 Å². The van der Waals surface area contributed by atoms with Gasteiger partial charge in [0.15, 0.2) is 0 Å². The summed E-state index contributed by atoms with van der Waals surface area (Å²) in [4.78, 5) is 12.9. The molecule has 2 aromatic rings. The van der Waals surface area contributed by atoms with Crippen LogP contribution in [-0.4, -0.2) is 20.4 Å². The third-order valence-electron chi connectivity index (χ3n) is 4.41. The summed E-state index contributed by atoms with van der Waals surface area (Å²) in [6.45, 7) is 1.91. The van der Waals surface area contributed by atoms with Gasteiger partial charge in [-0.2, -0.15) is 0 Å². The minimum atomic E-state index is -3.70. The first-order chi connectivity index (χ1) is 12.0. The average molecular weight is 399 g/mol. The molecule has 0 radical (unpaired) electrons. The van der Waals surface area contributed by atoms with Crippen LogP contribution in [-0.2, 0) is 10.0 Å². The van der Waals surface area contributed by atoms with Crippen molar-refractivity contribution in [1.82, 2.24) is 4.72 Å². The molecule has 0 bridgehead atoms. The number of rotatable bonds is 5. The van der Waals surface area contributed by atoms with Gasteiger partial charge in [0, 0.05) is 11.4 Å². The maximum Gasteiger partial charge on any atom is 0.267 e. The minimum Gasteiger partial charge on any atom is -0.320 e. The second kappa shape index (κ2) is 7.99. The fraction of sp³-hybridized carbons (Fsp3) is 0.471. The van der Waals surface area contributed by atoms with Gasteiger partial charge in [0.2, 0.25) is 10.0 Å². The molecule has 1 fully saturated rings. The van der Waals surface area contributed by atoms with E-state index in [-0.39, 0.29) is 21.7 Å². The lowest BCUT2D eigenvalue weighted by Crippen LogP contribution is -2.35. The Labute approximate surface area is 156 Å². The molecule has 2 N–H and O–H groups in total. The normalized spacial score (nSPS) is 16.5. The molecular formula is C17H22N2O3S3. The predicted octanol–water partition coefficient (Wildman–Crippen LogP) is 4.37. The van der Waals surface area contributed by atoms with Crippen molar-refractivity contribution in [2.24, 2.45) is 0 Å². The highest BCUT2D eigenvalue weighted by Crippen LogP contribution is 2.27. The van der Waals surface area contributed by atoms with E-state index in [4.69, 9.17) is 0 Å². The maximum atomic E-state index is 12.8. The van der Waals surface area contributed by atoms with Crippen molar-refractivity contribution < 1.29 is 13.2 Å². The molecule has 0 spiro atoms. The maximum absolute atomic E-state index is 12.8. The van der Waals surface area contributed by atoms with Crippen LogP contribution in [0.5, 0.6) is 0 Å². The number of sulfonamides is 1. The summed E-state index contributed by atoms with van der Waals surface area (Å²) in [5, 5.41) is 8.24. The van der Waals surface area contributed by atoms with E-state index in [0.29, 0.717) is 0 Å². The van der Waals surface area contributed by atoms with Crippen molar-refractivity contribution in [3.8, 4) is 0 Å². The van der Waals surface area contributed by atoms with Crippen LogP contribution in [0.2, 0.25) is 0 Å². The van der Waals surface area contributed by atoms with Gasteiger partial charge in [-0.05, 0) is 42.2 Å². The molecule has 3 rings (SSSR count). The van der Waals surface area contributed by atoms with Crippen LogP contribution in [0, 0.1) is 6.92 Å². The van der Waals surface area contributed by atoms with Gasteiger partial charge >= 0.3 is 0 Å². The predicted molar refractivity (Wildman–Crippen MR) is 103 cm³/mol. The molecule has 0 aromatic carbocycles. The molecule has 5 nitrogen and oxygen atoms in total. The zero-order chi connectivity index (χ0) is 17.9. The Balaban J connectivity index is 1.77. The lowest BCUT2D eigenvalue weighted by molar-refractivity contribution is 0.102. The molecule has 0 aliphatic heterocycles. The van der Waals surface area contributed by atoms with Crippen LogP contribution in [0.4, 0.5) is 5.69 Å². The third kappa shape index (κ3) is 4.49. The second-order valence-corrected chi connectivity index (χ2v) is 9.69. The Bertz CT molecular complexity index is 831. The van der Waals surface area contributed by atoms with E-state index in [9.17, 15) is 13.2 Å². The van der Waals surface area contributed by atoms with Crippen molar-refractivity contribution in [2.75, 3.05) is 5.32 Å². The highest BCUT2D eigenvalue weighted by Gasteiger charge is 2.27. The van der Waals surface area contributed by atoms with Gasteiger partial charge in [-0.1, -0.05) is 25.7 Å². The van der Waals surface area contributed by atoms with Gasteiger partial charge in [-0.15, -0.1) is 22.7 Å². The summed E-state index contributed by atoms with van der Waals surface area (Å²) in [7, 11) is -3.70. The molecule has 0 saturated heterocycles. The number of anilines is 1. The van der Waals surface area contributed by atoms with E-state index in [1.165, 1.54) is 17.4 Å². The highest BCUT2D eigenvalue weighted by atomic mass is 32.2. The molecule has 1 aliphatic rings. The molecule has 1 amide bonds. The van der Waals surface area contributed by atoms with Crippen LogP contribution in [0.1, 0.15) is 53.8 Å². The number of hydrogen-bond donors (Lipinski definition) is 2. The van der Waals surface area contributed by atoms with E-state index < -0.39 is 10.0 Å². The molecule has 1 aliphatic carbocycles. The summed E-state index contributed by atoms with van der Waals surface area (Å²) in [6.07, 6.45) is 6.12. The molecule has 2 aromatic heterocycles. The molecule has 2 heterocycles. The van der Waals surface area contributed by atoms with E-state index >= 15 is 0 Å². The fourth-order valence-corrected chi connectivity index (χ4v) is 6.43. The SMILES string of the molecule is Cc1cscc1NC(=O)c1sccc1S(=O)(=O)NC1CCCCCC1.